The third-order valence-corrected chi connectivity index (χ3v) is 5.66. The minimum atomic E-state index is 0.497. The molecular formula is C8H14S3. The van der Waals surface area contributed by atoms with Gasteiger partial charge in [0.1, 0.15) is 3.53 Å². The van der Waals surface area contributed by atoms with Gasteiger partial charge >= 0.3 is 0 Å². The summed E-state index contributed by atoms with van der Waals surface area (Å²) >= 11 is 8.97. The second-order valence-electron chi connectivity index (χ2n) is 2.93. The van der Waals surface area contributed by atoms with E-state index in [-0.39, 0.29) is 0 Å². The molecule has 0 amide bonds. The summed E-state index contributed by atoms with van der Waals surface area (Å²) in [5.74, 6) is 1.24. The van der Waals surface area contributed by atoms with Crippen molar-refractivity contribution in [2.45, 2.75) is 37.9 Å². The molecule has 1 atom stereocenters. The smallest absolute Gasteiger partial charge is 0.104 e. The molecule has 1 aliphatic heterocycles. The van der Waals surface area contributed by atoms with Gasteiger partial charge in [0, 0.05) is 10.5 Å². The van der Waals surface area contributed by atoms with Crippen LogP contribution in [0.1, 0.15) is 33.1 Å². The molecule has 3 heteroatoms. The van der Waals surface area contributed by atoms with E-state index in [1.54, 1.807) is 0 Å². The maximum absolute atomic E-state index is 5.17. The normalized spacial score (nSPS) is 31.3. The van der Waals surface area contributed by atoms with E-state index in [0.717, 1.165) is 3.53 Å². The quantitative estimate of drug-likeness (QED) is 0.646. The van der Waals surface area contributed by atoms with Gasteiger partial charge in [0.05, 0.1) is 0 Å². The van der Waals surface area contributed by atoms with Crippen molar-refractivity contribution in [1.82, 2.24) is 0 Å². The lowest BCUT2D eigenvalue weighted by molar-refractivity contribution is 0.573. The van der Waals surface area contributed by atoms with Gasteiger partial charge in [0.15, 0.2) is 0 Å². The molecule has 0 N–H and O–H groups in total. The van der Waals surface area contributed by atoms with Crippen molar-refractivity contribution in [1.29, 1.82) is 0 Å². The highest BCUT2D eigenvalue weighted by atomic mass is 32.2. The van der Waals surface area contributed by atoms with Gasteiger partial charge in [-0.1, -0.05) is 32.5 Å². The Bertz CT molecular complexity index is 155. The summed E-state index contributed by atoms with van der Waals surface area (Å²) in [6, 6.07) is 0. The first kappa shape index (κ1) is 9.87. The standard InChI is InChI=1S/C8H14S3/c1-3-5-8(4-2)6-10-7(9)11-8/h3-6H2,1-2H3. The van der Waals surface area contributed by atoms with Crippen LogP contribution in [0.25, 0.3) is 0 Å². The molecule has 0 aromatic heterocycles. The minimum Gasteiger partial charge on any atom is -0.106 e. The third kappa shape index (κ3) is 2.36. The summed E-state index contributed by atoms with van der Waals surface area (Å²) in [5.41, 5.74) is 0. The molecule has 0 saturated carbocycles. The number of thioether (sulfide) groups is 2. The molecule has 0 aromatic carbocycles. The number of thiocarbonyl (C=S) groups is 1. The first-order valence-corrected chi connectivity index (χ1v) is 6.29. The third-order valence-electron chi connectivity index (χ3n) is 2.10. The molecule has 0 nitrogen and oxygen atoms in total. The molecule has 1 unspecified atom stereocenters. The lowest BCUT2D eigenvalue weighted by Crippen LogP contribution is -2.22. The van der Waals surface area contributed by atoms with Crippen molar-refractivity contribution in [2.24, 2.45) is 0 Å². The van der Waals surface area contributed by atoms with Crippen LogP contribution in [0, 0.1) is 0 Å². The van der Waals surface area contributed by atoms with Gasteiger partial charge in [-0.15, -0.1) is 23.5 Å². The Hall–Kier alpha value is 0.790. The van der Waals surface area contributed by atoms with Crippen LogP contribution in [0.3, 0.4) is 0 Å². The van der Waals surface area contributed by atoms with Gasteiger partial charge in [0.25, 0.3) is 0 Å². The Kier molecular flexibility index (Phi) is 3.72. The Morgan fingerprint density at radius 2 is 2.27 bits per heavy atom. The van der Waals surface area contributed by atoms with Crippen LogP contribution in [-0.4, -0.2) is 14.0 Å². The fourth-order valence-corrected chi connectivity index (χ4v) is 4.95. The van der Waals surface area contributed by atoms with Gasteiger partial charge in [-0.3, -0.25) is 0 Å². The summed E-state index contributed by atoms with van der Waals surface area (Å²) in [6.07, 6.45) is 3.87. The van der Waals surface area contributed by atoms with Crippen molar-refractivity contribution in [2.75, 3.05) is 5.75 Å². The van der Waals surface area contributed by atoms with Crippen LogP contribution in [-0.2, 0) is 0 Å². The maximum atomic E-state index is 5.17. The van der Waals surface area contributed by atoms with Crippen molar-refractivity contribution < 1.29 is 0 Å². The first-order valence-electron chi connectivity index (χ1n) is 4.08. The van der Waals surface area contributed by atoms with Crippen molar-refractivity contribution in [3.63, 3.8) is 0 Å². The van der Waals surface area contributed by atoms with Crippen LogP contribution in [0.15, 0.2) is 0 Å². The fraction of sp³-hybridized carbons (Fsp3) is 0.875. The lowest BCUT2D eigenvalue weighted by atomic mass is 10.0. The molecule has 1 rings (SSSR count). The van der Waals surface area contributed by atoms with E-state index in [2.05, 4.69) is 13.8 Å². The first-order chi connectivity index (χ1) is 5.22. The zero-order valence-electron chi connectivity index (χ0n) is 7.05. The summed E-state index contributed by atoms with van der Waals surface area (Å²) in [4.78, 5) is 0. The van der Waals surface area contributed by atoms with Crippen molar-refractivity contribution in [3.8, 4) is 0 Å². The molecular weight excluding hydrogens is 192 g/mol. The van der Waals surface area contributed by atoms with Crippen LogP contribution >= 0.6 is 35.7 Å². The number of hydrogen-bond donors (Lipinski definition) is 0. The Labute approximate surface area is 82.9 Å². The maximum Gasteiger partial charge on any atom is 0.104 e. The van der Waals surface area contributed by atoms with Crippen LogP contribution in [0.2, 0.25) is 0 Å². The van der Waals surface area contributed by atoms with Crippen LogP contribution < -0.4 is 0 Å². The molecule has 0 aliphatic carbocycles. The van der Waals surface area contributed by atoms with Crippen molar-refractivity contribution >= 4 is 39.3 Å². The average molecular weight is 206 g/mol. The molecule has 0 spiro atoms. The van der Waals surface area contributed by atoms with Crippen molar-refractivity contribution in [3.05, 3.63) is 0 Å². The topological polar surface area (TPSA) is 0 Å². The molecule has 0 radical (unpaired) electrons. The highest BCUT2D eigenvalue weighted by Gasteiger charge is 2.35. The molecule has 1 aliphatic rings. The zero-order chi connectivity index (χ0) is 8.32. The van der Waals surface area contributed by atoms with E-state index in [4.69, 9.17) is 12.2 Å². The van der Waals surface area contributed by atoms with E-state index in [0.29, 0.717) is 4.75 Å². The van der Waals surface area contributed by atoms with Gasteiger partial charge in [-0.05, 0) is 12.8 Å². The Morgan fingerprint density at radius 3 is 2.64 bits per heavy atom. The van der Waals surface area contributed by atoms with Gasteiger partial charge in [-0.2, -0.15) is 0 Å². The van der Waals surface area contributed by atoms with E-state index in [9.17, 15) is 0 Å². The van der Waals surface area contributed by atoms with Gasteiger partial charge in [-0.25, -0.2) is 0 Å². The molecule has 0 bridgehead atoms. The SMILES string of the molecule is CCCC1(CC)CSC(=S)S1. The summed E-state index contributed by atoms with van der Waals surface area (Å²) in [6.45, 7) is 4.53. The molecule has 1 fully saturated rings. The van der Waals surface area contributed by atoms with Crippen LogP contribution in [0.4, 0.5) is 0 Å². The van der Waals surface area contributed by atoms with E-state index < -0.39 is 0 Å². The molecule has 1 saturated heterocycles. The largest absolute Gasteiger partial charge is 0.106 e. The molecule has 1 heterocycles. The average Bonchev–Trinajstić information content (AvgIpc) is 2.34. The Balaban J connectivity index is 2.54. The van der Waals surface area contributed by atoms with Gasteiger partial charge in [0.2, 0.25) is 0 Å². The monoisotopic (exact) mass is 206 g/mol. The molecule has 64 valence electrons. The van der Waals surface area contributed by atoms with E-state index in [1.807, 2.05) is 23.5 Å². The summed E-state index contributed by atoms with van der Waals surface area (Å²) in [5, 5.41) is 0. The number of hydrogen-bond acceptors (Lipinski definition) is 3. The predicted octanol–water partition coefficient (Wildman–Crippen LogP) is 3.70. The Morgan fingerprint density at radius 1 is 1.55 bits per heavy atom. The van der Waals surface area contributed by atoms with Crippen LogP contribution in [0.5, 0.6) is 0 Å². The predicted molar refractivity (Wildman–Crippen MR) is 60.6 cm³/mol. The van der Waals surface area contributed by atoms with Gasteiger partial charge < -0.3 is 0 Å². The molecule has 0 aromatic rings. The second-order valence-corrected chi connectivity index (χ2v) is 6.57. The molecule has 11 heavy (non-hydrogen) atoms. The highest BCUT2D eigenvalue weighted by Crippen LogP contribution is 2.46. The second kappa shape index (κ2) is 4.15. The lowest BCUT2D eigenvalue weighted by Gasteiger charge is -2.23. The minimum absolute atomic E-state index is 0.497. The summed E-state index contributed by atoms with van der Waals surface area (Å²) < 4.78 is 1.65. The van der Waals surface area contributed by atoms with E-state index in [1.165, 1.54) is 25.0 Å². The highest BCUT2D eigenvalue weighted by molar-refractivity contribution is 8.49. The zero-order valence-corrected chi connectivity index (χ0v) is 9.50. The number of rotatable bonds is 3. The van der Waals surface area contributed by atoms with E-state index >= 15 is 0 Å². The fourth-order valence-electron chi connectivity index (χ4n) is 1.36. The summed E-state index contributed by atoms with van der Waals surface area (Å²) in [7, 11) is 0.